The SMILES string of the molecule is COc1ccc(-c2noc(-c3cccn3CC(=O)N[C@@H](C)c3ccc(C)cc3)n2)cc1OC. The van der Waals surface area contributed by atoms with Crippen molar-refractivity contribution in [1.82, 2.24) is 20.0 Å². The van der Waals surface area contributed by atoms with Gasteiger partial charge in [-0.2, -0.15) is 4.98 Å². The summed E-state index contributed by atoms with van der Waals surface area (Å²) in [5, 5.41) is 7.13. The van der Waals surface area contributed by atoms with E-state index >= 15 is 0 Å². The van der Waals surface area contributed by atoms with Gasteiger partial charge in [0, 0.05) is 11.8 Å². The maximum atomic E-state index is 12.7. The zero-order valence-electron chi connectivity index (χ0n) is 19.0. The van der Waals surface area contributed by atoms with E-state index in [1.807, 2.05) is 62.5 Å². The highest BCUT2D eigenvalue weighted by Gasteiger charge is 2.17. The quantitative estimate of drug-likeness (QED) is 0.431. The molecule has 8 heteroatoms. The lowest BCUT2D eigenvalue weighted by molar-refractivity contribution is -0.122. The second-order valence-corrected chi connectivity index (χ2v) is 7.71. The normalized spacial score (nSPS) is 11.8. The lowest BCUT2D eigenvalue weighted by Crippen LogP contribution is -2.30. The van der Waals surface area contributed by atoms with Crippen molar-refractivity contribution in [1.29, 1.82) is 0 Å². The molecule has 0 aliphatic rings. The van der Waals surface area contributed by atoms with Crippen molar-refractivity contribution >= 4 is 5.91 Å². The average molecular weight is 447 g/mol. The summed E-state index contributed by atoms with van der Waals surface area (Å²) in [5.41, 5.74) is 3.62. The molecule has 8 nitrogen and oxygen atoms in total. The molecule has 0 aliphatic heterocycles. The molecular weight excluding hydrogens is 420 g/mol. The van der Waals surface area contributed by atoms with Crippen LogP contribution in [0.5, 0.6) is 11.5 Å². The molecule has 170 valence electrons. The van der Waals surface area contributed by atoms with Crippen molar-refractivity contribution in [3.8, 4) is 34.5 Å². The van der Waals surface area contributed by atoms with E-state index in [2.05, 4.69) is 15.5 Å². The Morgan fingerprint density at radius 1 is 1.09 bits per heavy atom. The zero-order valence-corrected chi connectivity index (χ0v) is 19.0. The first kappa shape index (κ1) is 22.1. The van der Waals surface area contributed by atoms with E-state index in [9.17, 15) is 4.79 Å². The van der Waals surface area contributed by atoms with Crippen LogP contribution in [-0.4, -0.2) is 34.8 Å². The van der Waals surface area contributed by atoms with Crippen LogP contribution < -0.4 is 14.8 Å². The number of aryl methyl sites for hydroxylation is 1. The lowest BCUT2D eigenvalue weighted by atomic mass is 10.1. The van der Waals surface area contributed by atoms with Gasteiger partial charge in [0.2, 0.25) is 11.7 Å². The lowest BCUT2D eigenvalue weighted by Gasteiger charge is -2.15. The minimum Gasteiger partial charge on any atom is -0.493 e. The molecule has 0 aliphatic carbocycles. The largest absolute Gasteiger partial charge is 0.493 e. The van der Waals surface area contributed by atoms with Gasteiger partial charge in [-0.3, -0.25) is 4.79 Å². The number of amides is 1. The molecule has 4 rings (SSSR count). The Bertz CT molecular complexity index is 1240. The van der Waals surface area contributed by atoms with E-state index in [1.54, 1.807) is 30.9 Å². The van der Waals surface area contributed by atoms with Gasteiger partial charge in [-0.15, -0.1) is 0 Å². The summed E-state index contributed by atoms with van der Waals surface area (Å²) in [5.74, 6) is 1.81. The molecule has 0 spiro atoms. The molecule has 0 unspecified atom stereocenters. The predicted octanol–water partition coefficient (Wildman–Crippen LogP) is 4.41. The van der Waals surface area contributed by atoms with E-state index in [0.29, 0.717) is 28.9 Å². The molecule has 2 aromatic heterocycles. The Labute approximate surface area is 192 Å². The summed E-state index contributed by atoms with van der Waals surface area (Å²) in [6, 6.07) is 17.1. The van der Waals surface area contributed by atoms with Crippen molar-refractivity contribution < 1.29 is 18.8 Å². The highest BCUT2D eigenvalue weighted by molar-refractivity contribution is 5.77. The molecule has 1 N–H and O–H groups in total. The van der Waals surface area contributed by atoms with Gasteiger partial charge in [0.15, 0.2) is 11.5 Å². The summed E-state index contributed by atoms with van der Waals surface area (Å²) in [6.07, 6.45) is 1.81. The number of benzene rings is 2. The van der Waals surface area contributed by atoms with Gasteiger partial charge in [-0.1, -0.05) is 35.0 Å². The fraction of sp³-hybridized carbons (Fsp3) is 0.240. The number of rotatable bonds is 8. The van der Waals surface area contributed by atoms with Crippen LogP contribution in [0.4, 0.5) is 0 Å². The van der Waals surface area contributed by atoms with Crippen LogP contribution in [0.2, 0.25) is 0 Å². The first-order valence-electron chi connectivity index (χ1n) is 10.6. The van der Waals surface area contributed by atoms with E-state index < -0.39 is 0 Å². The number of methoxy groups -OCH3 is 2. The van der Waals surface area contributed by atoms with E-state index in [1.165, 1.54) is 5.56 Å². The zero-order chi connectivity index (χ0) is 23.4. The molecule has 2 aromatic carbocycles. The van der Waals surface area contributed by atoms with Crippen molar-refractivity contribution in [3.05, 3.63) is 71.9 Å². The first-order chi connectivity index (χ1) is 16.0. The van der Waals surface area contributed by atoms with Crippen LogP contribution in [0.25, 0.3) is 23.0 Å². The summed E-state index contributed by atoms with van der Waals surface area (Å²) >= 11 is 0. The van der Waals surface area contributed by atoms with Gasteiger partial charge in [0.25, 0.3) is 5.89 Å². The molecule has 0 radical (unpaired) electrons. The second-order valence-electron chi connectivity index (χ2n) is 7.71. The van der Waals surface area contributed by atoms with Crippen LogP contribution >= 0.6 is 0 Å². The van der Waals surface area contributed by atoms with Crippen LogP contribution in [-0.2, 0) is 11.3 Å². The molecule has 0 saturated carbocycles. The third-order valence-corrected chi connectivity index (χ3v) is 5.39. The van der Waals surface area contributed by atoms with Crippen molar-refractivity contribution in [2.45, 2.75) is 26.4 Å². The standard InChI is InChI=1S/C25H26N4O4/c1-16-7-9-18(10-8-16)17(2)26-23(30)15-29-13-5-6-20(29)25-27-24(28-33-25)19-11-12-21(31-3)22(14-19)32-4/h5-14,17H,15H2,1-4H3,(H,26,30)/t17-/m0/s1. The van der Waals surface area contributed by atoms with Gasteiger partial charge in [0.05, 0.1) is 20.3 Å². The van der Waals surface area contributed by atoms with Gasteiger partial charge < -0.3 is 23.9 Å². The molecule has 1 atom stereocenters. The molecule has 2 heterocycles. The third-order valence-electron chi connectivity index (χ3n) is 5.39. The summed E-state index contributed by atoms with van der Waals surface area (Å²) < 4.78 is 17.9. The Balaban J connectivity index is 1.48. The first-order valence-corrected chi connectivity index (χ1v) is 10.6. The number of carbonyl (C=O) groups is 1. The monoisotopic (exact) mass is 446 g/mol. The van der Waals surface area contributed by atoms with E-state index in [-0.39, 0.29) is 18.5 Å². The summed E-state index contributed by atoms with van der Waals surface area (Å²) in [7, 11) is 3.15. The Morgan fingerprint density at radius 2 is 1.85 bits per heavy atom. The Morgan fingerprint density at radius 3 is 2.58 bits per heavy atom. The van der Waals surface area contributed by atoms with Crippen molar-refractivity contribution in [3.63, 3.8) is 0 Å². The number of carbonyl (C=O) groups excluding carboxylic acids is 1. The van der Waals surface area contributed by atoms with Crippen LogP contribution in [0.3, 0.4) is 0 Å². The smallest absolute Gasteiger partial charge is 0.274 e. The molecular formula is C25H26N4O4. The number of hydrogen-bond acceptors (Lipinski definition) is 6. The van der Waals surface area contributed by atoms with Gasteiger partial charge >= 0.3 is 0 Å². The molecule has 0 fully saturated rings. The van der Waals surface area contributed by atoms with Crippen LogP contribution in [0, 0.1) is 6.92 Å². The number of nitrogens with one attached hydrogen (secondary N) is 1. The minimum absolute atomic E-state index is 0.0998. The van der Waals surface area contributed by atoms with Gasteiger partial charge in [-0.05, 0) is 49.7 Å². The number of aromatic nitrogens is 3. The topological polar surface area (TPSA) is 91.4 Å². The van der Waals surface area contributed by atoms with Crippen molar-refractivity contribution in [2.24, 2.45) is 0 Å². The fourth-order valence-corrected chi connectivity index (χ4v) is 3.55. The maximum absolute atomic E-state index is 12.7. The molecule has 33 heavy (non-hydrogen) atoms. The van der Waals surface area contributed by atoms with E-state index in [4.69, 9.17) is 14.0 Å². The average Bonchev–Trinajstić information content (AvgIpc) is 3.48. The molecule has 0 bridgehead atoms. The minimum atomic E-state index is -0.111. The molecule has 4 aromatic rings. The third kappa shape index (κ3) is 4.90. The van der Waals surface area contributed by atoms with Crippen LogP contribution in [0.15, 0.2) is 65.3 Å². The highest BCUT2D eigenvalue weighted by atomic mass is 16.5. The van der Waals surface area contributed by atoms with E-state index in [0.717, 1.165) is 11.1 Å². The second kappa shape index (κ2) is 9.60. The fourth-order valence-electron chi connectivity index (χ4n) is 3.55. The Hall–Kier alpha value is -4.07. The van der Waals surface area contributed by atoms with Gasteiger partial charge in [0.1, 0.15) is 12.2 Å². The summed E-state index contributed by atoms with van der Waals surface area (Å²) in [6.45, 7) is 4.13. The van der Waals surface area contributed by atoms with Gasteiger partial charge in [-0.25, -0.2) is 0 Å². The number of ether oxygens (including phenoxy) is 2. The molecule has 1 amide bonds. The summed E-state index contributed by atoms with van der Waals surface area (Å²) in [4.78, 5) is 17.2. The number of nitrogens with zero attached hydrogens (tertiary/aromatic N) is 3. The predicted molar refractivity (Wildman–Crippen MR) is 124 cm³/mol. The maximum Gasteiger partial charge on any atom is 0.274 e. The van der Waals surface area contributed by atoms with Crippen molar-refractivity contribution in [2.75, 3.05) is 14.2 Å². The van der Waals surface area contributed by atoms with Crippen LogP contribution in [0.1, 0.15) is 24.1 Å². The number of hydrogen-bond donors (Lipinski definition) is 1. The molecule has 0 saturated heterocycles. The Kier molecular flexibility index (Phi) is 6.44. The highest BCUT2D eigenvalue weighted by Crippen LogP contribution is 2.32.